The summed E-state index contributed by atoms with van der Waals surface area (Å²) in [4.78, 5) is 33.2. The van der Waals surface area contributed by atoms with Gasteiger partial charge in [-0.25, -0.2) is 0 Å². The van der Waals surface area contributed by atoms with E-state index in [9.17, 15) is 19.5 Å². The molecule has 0 saturated carbocycles. The molecule has 14 heavy (non-hydrogen) atoms. The molecule has 0 aromatic carbocycles. The van der Waals surface area contributed by atoms with Crippen molar-refractivity contribution in [2.45, 2.75) is 18.4 Å². The van der Waals surface area contributed by atoms with Crippen LogP contribution in [0.3, 0.4) is 0 Å². The first-order chi connectivity index (χ1) is 6.49. The zero-order valence-corrected chi connectivity index (χ0v) is 9.89. The molecule has 2 saturated heterocycles. The van der Waals surface area contributed by atoms with Crippen LogP contribution in [0.2, 0.25) is 0 Å². The summed E-state index contributed by atoms with van der Waals surface area (Å²) < 4.78 is 13.8. The van der Waals surface area contributed by atoms with Crippen LogP contribution in [0.4, 0.5) is 0 Å². The standard InChI is InChI=1S/C6H8O7.Po/c7-3(8)1-6(13,5(11)12)2-4(9)10;/h13H,1-2H2,(H,7,8)(H,9,10)(H,11,12);/q;+3/p-3. The molecule has 8 heteroatoms. The number of carbonyl (C=O) groups excluding carboxylic acids is 3. The predicted octanol–water partition coefficient (Wildman–Crippen LogP) is -1.86. The van der Waals surface area contributed by atoms with Crippen molar-refractivity contribution in [3.63, 3.8) is 0 Å². The van der Waals surface area contributed by atoms with Crippen molar-refractivity contribution in [2.75, 3.05) is 0 Å². The Bertz CT molecular complexity index is 304. The van der Waals surface area contributed by atoms with Crippen molar-refractivity contribution in [1.29, 1.82) is 0 Å². The second-order valence-electron chi connectivity index (χ2n) is 2.87. The normalized spacial score (nSPS) is 25.9. The maximum absolute atomic E-state index is 11.2. The van der Waals surface area contributed by atoms with E-state index in [-0.39, 0.29) is 0 Å². The molecule has 7 nitrogen and oxygen atoms in total. The molecule has 0 aromatic heterocycles. The van der Waals surface area contributed by atoms with E-state index < -0.39 is 59.8 Å². The van der Waals surface area contributed by atoms with E-state index in [0.29, 0.717) is 0 Å². The van der Waals surface area contributed by atoms with Gasteiger partial charge in [0.15, 0.2) is 0 Å². The van der Waals surface area contributed by atoms with Gasteiger partial charge in [0.25, 0.3) is 0 Å². The quantitative estimate of drug-likeness (QED) is 0.511. The SMILES string of the molecule is O=C1CC2(O)CC(=O)[O][Po]([O]1)[O]C2=O. The molecule has 0 atom stereocenters. The Balaban J connectivity index is 2.39. The Morgan fingerprint density at radius 1 is 1.07 bits per heavy atom. The predicted molar refractivity (Wildman–Crippen MR) is 38.2 cm³/mol. The zero-order chi connectivity index (χ0) is 10.3. The molecule has 2 aliphatic heterocycles. The van der Waals surface area contributed by atoms with Gasteiger partial charge in [0, 0.05) is 0 Å². The van der Waals surface area contributed by atoms with Gasteiger partial charge in [0.05, 0.1) is 0 Å². The molecule has 77 valence electrons. The third-order valence-electron chi connectivity index (χ3n) is 1.72. The Labute approximate surface area is 87.6 Å². The summed E-state index contributed by atoms with van der Waals surface area (Å²) in [6.07, 6.45) is -1.10. The average Bonchev–Trinajstić information content (AvgIpc) is 2.13. The second kappa shape index (κ2) is 3.14. The van der Waals surface area contributed by atoms with E-state index in [1.807, 2.05) is 0 Å². The first-order valence-corrected chi connectivity index (χ1v) is 7.50. The Morgan fingerprint density at radius 3 is 2.07 bits per heavy atom. The number of hydrogen-bond donors (Lipinski definition) is 1. The van der Waals surface area contributed by atoms with E-state index in [0.717, 1.165) is 0 Å². The summed E-state index contributed by atoms with van der Waals surface area (Å²) in [7, 11) is 0. The van der Waals surface area contributed by atoms with Crippen LogP contribution in [0.15, 0.2) is 0 Å². The topological polar surface area (TPSA) is 99.1 Å². The third-order valence-corrected chi connectivity index (χ3v) is 5.34. The van der Waals surface area contributed by atoms with Crippen molar-refractivity contribution >= 4 is 41.3 Å². The molecule has 0 aromatic rings. The molecule has 2 rings (SSSR count). The van der Waals surface area contributed by atoms with E-state index in [4.69, 9.17) is 0 Å². The van der Waals surface area contributed by atoms with E-state index >= 15 is 0 Å². The first kappa shape index (κ1) is 9.81. The molecule has 1 N–H and O–H groups in total. The Hall–Kier alpha value is -0.734. The summed E-state index contributed by atoms with van der Waals surface area (Å²) in [5.41, 5.74) is -2.10. The van der Waals surface area contributed by atoms with Crippen LogP contribution in [-0.2, 0) is 22.7 Å². The van der Waals surface area contributed by atoms with E-state index in [1.165, 1.54) is 0 Å². The minimum atomic E-state index is -3.61. The minimum absolute atomic E-state index is 0.551. The van der Waals surface area contributed by atoms with Gasteiger partial charge in [-0.2, -0.15) is 0 Å². The van der Waals surface area contributed by atoms with Crippen molar-refractivity contribution in [2.24, 2.45) is 0 Å². The van der Waals surface area contributed by atoms with Crippen molar-refractivity contribution in [1.82, 2.24) is 0 Å². The molecular weight excluding hydrogens is 393 g/mol. The maximum atomic E-state index is 11.2. The van der Waals surface area contributed by atoms with Crippen molar-refractivity contribution in [3.05, 3.63) is 0 Å². The van der Waals surface area contributed by atoms with E-state index in [2.05, 4.69) is 8.31 Å². The Morgan fingerprint density at radius 2 is 1.57 bits per heavy atom. The average molecular weight is 398 g/mol. The van der Waals surface area contributed by atoms with E-state index in [1.54, 1.807) is 0 Å². The summed E-state index contributed by atoms with van der Waals surface area (Å²) in [6, 6.07) is 0. The first-order valence-electron chi connectivity index (χ1n) is 3.61. The fourth-order valence-electron chi connectivity index (χ4n) is 1.09. The molecule has 2 bridgehead atoms. The number of carbonyl (C=O) groups is 3. The van der Waals surface area contributed by atoms with Crippen LogP contribution < -0.4 is 0 Å². The van der Waals surface area contributed by atoms with Crippen molar-refractivity contribution < 1.29 is 27.8 Å². The summed E-state index contributed by atoms with van der Waals surface area (Å²) >= 11 is -3.61. The van der Waals surface area contributed by atoms with Crippen LogP contribution in [0.25, 0.3) is 0 Å². The van der Waals surface area contributed by atoms with Gasteiger partial charge in [0.2, 0.25) is 0 Å². The fourth-order valence-corrected chi connectivity index (χ4v) is 4.20. The third kappa shape index (κ3) is 1.60. The zero-order valence-electron chi connectivity index (χ0n) is 6.72. The number of aliphatic hydroxyl groups is 1. The van der Waals surface area contributed by atoms with Crippen LogP contribution in [-0.4, -0.2) is 52.0 Å². The van der Waals surface area contributed by atoms with Crippen LogP contribution >= 0.6 is 0 Å². The molecule has 0 amide bonds. The molecule has 1 radical (unpaired) electrons. The number of hydrogen-bond acceptors (Lipinski definition) is 7. The molecule has 2 heterocycles. The van der Waals surface area contributed by atoms with Gasteiger partial charge in [-0.1, -0.05) is 0 Å². The van der Waals surface area contributed by atoms with Gasteiger partial charge in [0.1, 0.15) is 0 Å². The molecule has 0 spiro atoms. The number of fused-ring (bicyclic) bond motifs is 3. The van der Waals surface area contributed by atoms with Crippen LogP contribution in [0.5, 0.6) is 0 Å². The Kier molecular flexibility index (Phi) is 2.20. The summed E-state index contributed by atoms with van der Waals surface area (Å²) in [6.45, 7) is 0. The second-order valence-corrected chi connectivity index (χ2v) is 6.40. The van der Waals surface area contributed by atoms with Gasteiger partial charge in [-0.05, 0) is 0 Å². The fraction of sp³-hybridized carbons (Fsp3) is 0.500. The monoisotopic (exact) mass is 398 g/mol. The van der Waals surface area contributed by atoms with Gasteiger partial charge in [-0.15, -0.1) is 0 Å². The van der Waals surface area contributed by atoms with Gasteiger partial charge < -0.3 is 0 Å². The van der Waals surface area contributed by atoms with Gasteiger partial charge in [-0.3, -0.25) is 0 Å². The van der Waals surface area contributed by atoms with Crippen LogP contribution in [0.1, 0.15) is 12.8 Å². The van der Waals surface area contributed by atoms with Crippen LogP contribution in [0, 0.1) is 0 Å². The van der Waals surface area contributed by atoms with Crippen molar-refractivity contribution in [3.8, 4) is 0 Å². The number of rotatable bonds is 0. The molecule has 2 fully saturated rings. The van der Waals surface area contributed by atoms with Gasteiger partial charge >= 0.3 is 87.6 Å². The molecular formula is C6H5O7Po. The molecule has 0 unspecified atom stereocenters. The summed E-state index contributed by atoms with van der Waals surface area (Å²) in [5, 5.41) is 9.64. The molecule has 0 aliphatic carbocycles. The summed E-state index contributed by atoms with van der Waals surface area (Å²) in [5.74, 6) is -2.53. The molecule has 2 aliphatic rings.